The molecule has 3 amide bonds. The normalized spacial score (nSPS) is 12.7. The van der Waals surface area contributed by atoms with Gasteiger partial charge in [-0.3, -0.25) is 19.4 Å². The Kier molecular flexibility index (Phi) is 14.3. The maximum absolute atomic E-state index is 14.5. The number of benzene rings is 3. The summed E-state index contributed by atoms with van der Waals surface area (Å²) in [5.41, 5.74) is 10.2. The second kappa shape index (κ2) is 18.9. The number of hydrogen-bond acceptors (Lipinski definition) is 5. The summed E-state index contributed by atoms with van der Waals surface area (Å²) in [5.74, 6) is -3.40. The van der Waals surface area contributed by atoms with Crippen molar-refractivity contribution in [3.8, 4) is 11.1 Å². The zero-order chi connectivity index (χ0) is 37.7. The van der Waals surface area contributed by atoms with Gasteiger partial charge in [-0.15, -0.1) is 0 Å². The molecule has 8 nitrogen and oxygen atoms in total. The van der Waals surface area contributed by atoms with E-state index < -0.39 is 41.1 Å². The summed E-state index contributed by atoms with van der Waals surface area (Å²) < 4.78 is 28.1. The van der Waals surface area contributed by atoms with Gasteiger partial charge in [0.1, 0.15) is 12.1 Å². The van der Waals surface area contributed by atoms with E-state index in [2.05, 4.69) is 10.3 Å². The average molecular weight is 710 g/mol. The third kappa shape index (κ3) is 10.9. The highest BCUT2D eigenvalue weighted by Crippen LogP contribution is 2.22. The predicted molar refractivity (Wildman–Crippen MR) is 201 cm³/mol. The molecule has 274 valence electrons. The Morgan fingerprint density at radius 3 is 2.04 bits per heavy atom. The summed E-state index contributed by atoms with van der Waals surface area (Å²) in [5, 5.41) is 2.90. The number of likely N-dealkylation sites (N-methyl/N-ethyl adjacent to an activating group) is 2. The molecule has 0 aliphatic heterocycles. The lowest BCUT2D eigenvalue weighted by Crippen LogP contribution is -2.56. The van der Waals surface area contributed by atoms with Crippen LogP contribution in [0.2, 0.25) is 0 Å². The minimum atomic E-state index is -1.09. The van der Waals surface area contributed by atoms with Crippen LogP contribution >= 0.6 is 0 Å². The van der Waals surface area contributed by atoms with E-state index in [1.165, 1.54) is 29.0 Å². The highest BCUT2D eigenvalue weighted by atomic mass is 19.2. The van der Waals surface area contributed by atoms with Crippen molar-refractivity contribution >= 4 is 17.7 Å². The summed E-state index contributed by atoms with van der Waals surface area (Å²) in [7, 11) is 3.07. The number of nitrogens with one attached hydrogen (secondary N) is 1. The number of halogens is 2. The summed E-state index contributed by atoms with van der Waals surface area (Å²) in [4.78, 5) is 48.6. The van der Waals surface area contributed by atoms with Gasteiger partial charge >= 0.3 is 0 Å². The molecule has 0 bridgehead atoms. The van der Waals surface area contributed by atoms with E-state index in [0.717, 1.165) is 47.2 Å². The number of carbonyl (C=O) groups is 3. The lowest BCUT2D eigenvalue weighted by molar-refractivity contribution is -0.146. The van der Waals surface area contributed by atoms with Crippen LogP contribution in [0.5, 0.6) is 0 Å². The van der Waals surface area contributed by atoms with E-state index >= 15 is 0 Å². The van der Waals surface area contributed by atoms with Gasteiger partial charge in [-0.05, 0) is 83.8 Å². The van der Waals surface area contributed by atoms with Gasteiger partial charge in [-0.1, -0.05) is 80.6 Å². The van der Waals surface area contributed by atoms with Crippen LogP contribution in [0, 0.1) is 11.6 Å². The van der Waals surface area contributed by atoms with Crippen LogP contribution in [0.25, 0.3) is 11.1 Å². The molecular weight excluding hydrogens is 660 g/mol. The van der Waals surface area contributed by atoms with Crippen molar-refractivity contribution in [2.24, 2.45) is 5.73 Å². The first kappa shape index (κ1) is 39.6. The largest absolute Gasteiger partial charge is 0.354 e. The quantitative estimate of drug-likeness (QED) is 0.125. The van der Waals surface area contributed by atoms with Crippen molar-refractivity contribution in [1.29, 1.82) is 0 Å². The average Bonchev–Trinajstić information content (AvgIpc) is 3.17. The van der Waals surface area contributed by atoms with E-state index in [1.54, 1.807) is 25.5 Å². The van der Waals surface area contributed by atoms with Crippen LogP contribution in [0.4, 0.5) is 8.78 Å². The fraction of sp³-hybridized carbons (Fsp3) is 0.333. The Labute approximate surface area is 305 Å². The fourth-order valence-corrected chi connectivity index (χ4v) is 5.96. The van der Waals surface area contributed by atoms with Gasteiger partial charge in [0, 0.05) is 51.4 Å². The van der Waals surface area contributed by atoms with Crippen molar-refractivity contribution in [1.82, 2.24) is 20.1 Å². The molecule has 10 heteroatoms. The standard InChI is InChI=1S/C42H49F2N5O3/c1-5-42(45,6-2)23-10-13-39(50)48(3)38(28-31-14-17-34(18-15-31)33-11-8-7-9-12-33)41(52)49(4)37(29-32-16-19-35(43)36(44)27-32)40(51)47-26-22-30-20-24-46-25-21-30/h7-21,24-25,27,37-38H,5-6,22-23,26,28-29,45H2,1-4H3,(H,47,51)/b13-10+. The maximum atomic E-state index is 14.5. The van der Waals surface area contributed by atoms with Gasteiger partial charge in [0.15, 0.2) is 11.6 Å². The molecule has 3 aromatic carbocycles. The monoisotopic (exact) mass is 709 g/mol. The number of carbonyl (C=O) groups excluding carboxylic acids is 3. The summed E-state index contributed by atoms with van der Waals surface area (Å²) in [6, 6.07) is 22.7. The van der Waals surface area contributed by atoms with Crippen LogP contribution in [0.15, 0.2) is 109 Å². The van der Waals surface area contributed by atoms with Crippen molar-refractivity contribution in [3.05, 3.63) is 138 Å². The van der Waals surface area contributed by atoms with E-state index in [4.69, 9.17) is 5.73 Å². The van der Waals surface area contributed by atoms with E-state index in [1.807, 2.05) is 80.6 Å². The molecule has 4 aromatic rings. The number of aromatic nitrogens is 1. The SMILES string of the molecule is CCC(N)(CC)C/C=C/C(=O)N(C)C(Cc1ccc(-c2ccccc2)cc1)C(=O)N(C)C(Cc1ccc(F)c(F)c1)C(=O)NCCc1ccncc1. The molecule has 4 rings (SSSR count). The van der Waals surface area contributed by atoms with Crippen LogP contribution < -0.4 is 11.1 Å². The van der Waals surface area contributed by atoms with Crippen molar-refractivity contribution in [2.45, 2.75) is 70.0 Å². The first-order chi connectivity index (χ1) is 24.9. The Balaban J connectivity index is 1.63. The highest BCUT2D eigenvalue weighted by Gasteiger charge is 2.35. The number of hydrogen-bond donors (Lipinski definition) is 2. The van der Waals surface area contributed by atoms with Crippen molar-refractivity contribution in [2.75, 3.05) is 20.6 Å². The number of nitrogens with two attached hydrogens (primary N) is 1. The summed E-state index contributed by atoms with van der Waals surface area (Å²) in [6.07, 6.45) is 9.10. The number of rotatable bonds is 17. The molecule has 1 aromatic heterocycles. The fourth-order valence-electron chi connectivity index (χ4n) is 5.96. The molecule has 0 radical (unpaired) electrons. The summed E-state index contributed by atoms with van der Waals surface area (Å²) >= 11 is 0. The minimum Gasteiger partial charge on any atom is -0.354 e. The molecule has 2 atom stereocenters. The molecule has 52 heavy (non-hydrogen) atoms. The number of pyridine rings is 1. The van der Waals surface area contributed by atoms with Gasteiger partial charge in [0.05, 0.1) is 0 Å². The van der Waals surface area contributed by atoms with E-state index in [-0.39, 0.29) is 25.3 Å². The molecule has 0 fully saturated rings. The molecular formula is C42H49F2N5O3. The second-order valence-electron chi connectivity index (χ2n) is 13.2. The number of nitrogens with zero attached hydrogens (tertiary/aromatic N) is 3. The Bertz CT molecular complexity index is 1800. The van der Waals surface area contributed by atoms with Gasteiger partial charge in [-0.2, -0.15) is 0 Å². The smallest absolute Gasteiger partial charge is 0.246 e. The lowest BCUT2D eigenvalue weighted by Gasteiger charge is -2.34. The molecule has 1 heterocycles. The zero-order valence-corrected chi connectivity index (χ0v) is 30.4. The Hall–Kier alpha value is -5.22. The Morgan fingerprint density at radius 1 is 0.788 bits per heavy atom. The van der Waals surface area contributed by atoms with Crippen LogP contribution in [0.1, 0.15) is 49.8 Å². The predicted octanol–water partition coefficient (Wildman–Crippen LogP) is 6.29. The molecule has 0 saturated carbocycles. The van der Waals surface area contributed by atoms with Crippen LogP contribution in [-0.2, 0) is 33.6 Å². The number of amides is 3. The topological polar surface area (TPSA) is 109 Å². The van der Waals surface area contributed by atoms with E-state index in [9.17, 15) is 23.2 Å². The molecule has 2 unspecified atom stereocenters. The van der Waals surface area contributed by atoms with Gasteiger partial charge in [-0.25, -0.2) is 8.78 Å². The summed E-state index contributed by atoms with van der Waals surface area (Å²) in [6.45, 7) is 4.29. The molecule has 0 aliphatic carbocycles. The van der Waals surface area contributed by atoms with Gasteiger partial charge < -0.3 is 20.9 Å². The minimum absolute atomic E-state index is 0.0802. The second-order valence-corrected chi connectivity index (χ2v) is 13.2. The molecule has 0 aliphatic rings. The molecule has 3 N–H and O–H groups in total. The van der Waals surface area contributed by atoms with Gasteiger partial charge in [0.25, 0.3) is 0 Å². The van der Waals surface area contributed by atoms with E-state index in [0.29, 0.717) is 18.4 Å². The third-order valence-corrected chi connectivity index (χ3v) is 9.78. The first-order valence-electron chi connectivity index (χ1n) is 17.7. The molecule has 0 spiro atoms. The first-order valence-corrected chi connectivity index (χ1v) is 17.7. The van der Waals surface area contributed by atoms with Crippen LogP contribution in [-0.4, -0.2) is 70.8 Å². The molecule has 0 saturated heterocycles. The Morgan fingerprint density at radius 2 is 1.40 bits per heavy atom. The van der Waals surface area contributed by atoms with Crippen LogP contribution in [0.3, 0.4) is 0 Å². The van der Waals surface area contributed by atoms with Gasteiger partial charge in [0.2, 0.25) is 17.7 Å². The maximum Gasteiger partial charge on any atom is 0.246 e. The van der Waals surface area contributed by atoms with Crippen molar-refractivity contribution in [3.63, 3.8) is 0 Å². The zero-order valence-electron chi connectivity index (χ0n) is 30.4. The third-order valence-electron chi connectivity index (χ3n) is 9.78. The van der Waals surface area contributed by atoms with Crippen molar-refractivity contribution < 1.29 is 23.2 Å². The lowest BCUT2D eigenvalue weighted by atomic mass is 9.90. The highest BCUT2D eigenvalue weighted by molar-refractivity contribution is 5.95.